The summed E-state index contributed by atoms with van der Waals surface area (Å²) < 4.78 is 24.6. The van der Waals surface area contributed by atoms with Crippen molar-refractivity contribution in [1.82, 2.24) is 0 Å². The molecule has 150 valence electrons. The molecule has 0 saturated heterocycles. The highest BCUT2D eigenvalue weighted by atomic mass is 16.6. The molecule has 0 aromatic heterocycles. The maximum atomic E-state index is 11.5. The predicted octanol–water partition coefficient (Wildman–Crippen LogP) is -0.200. The van der Waals surface area contributed by atoms with Gasteiger partial charge in [0.05, 0.1) is 0 Å². The summed E-state index contributed by atoms with van der Waals surface area (Å²) in [5.74, 6) is -4.19. The van der Waals surface area contributed by atoms with Gasteiger partial charge in [-0.15, -0.1) is 0 Å². The van der Waals surface area contributed by atoms with Gasteiger partial charge in [-0.1, -0.05) is 0 Å². The van der Waals surface area contributed by atoms with Crippen molar-refractivity contribution in [1.29, 1.82) is 5.26 Å². The fourth-order valence-corrected chi connectivity index (χ4v) is 1.99. The molecule has 0 aliphatic rings. The van der Waals surface area contributed by atoms with E-state index in [1.807, 2.05) is 0 Å². The summed E-state index contributed by atoms with van der Waals surface area (Å²) in [6, 6.07) is 1.61. The highest BCUT2D eigenvalue weighted by Gasteiger charge is 2.44. The van der Waals surface area contributed by atoms with Crippen LogP contribution in [0.3, 0.4) is 0 Å². The van der Waals surface area contributed by atoms with Crippen LogP contribution in [0, 0.1) is 11.3 Å². The number of carbonyl (C=O) groups excluding carboxylic acids is 5. The largest absolute Gasteiger partial charge is 0.462 e. The number of hydrogen-bond donors (Lipinski definition) is 0. The second-order valence-corrected chi connectivity index (χ2v) is 5.26. The van der Waals surface area contributed by atoms with Crippen molar-refractivity contribution in [2.24, 2.45) is 0 Å². The van der Waals surface area contributed by atoms with Gasteiger partial charge >= 0.3 is 29.8 Å². The molecule has 0 radical (unpaired) electrons. The van der Waals surface area contributed by atoms with E-state index >= 15 is 0 Å². The minimum Gasteiger partial charge on any atom is -0.462 e. The maximum Gasteiger partial charge on any atom is 0.304 e. The Morgan fingerprint density at radius 2 is 1.15 bits per heavy atom. The third kappa shape index (κ3) is 9.78. The van der Waals surface area contributed by atoms with E-state index in [1.165, 1.54) is 0 Å². The second kappa shape index (κ2) is 11.5. The molecule has 0 spiro atoms. The summed E-state index contributed by atoms with van der Waals surface area (Å²) in [5.41, 5.74) is 0. The molecule has 11 heteroatoms. The molecule has 0 fully saturated rings. The van der Waals surface area contributed by atoms with Gasteiger partial charge < -0.3 is 23.7 Å². The zero-order valence-corrected chi connectivity index (χ0v) is 15.5. The zero-order chi connectivity index (χ0) is 21.1. The topological polar surface area (TPSA) is 155 Å². The number of hydrogen-bond acceptors (Lipinski definition) is 11. The fraction of sp³-hybridized carbons (Fsp3) is 0.625. The number of nitriles is 1. The molecule has 0 bridgehead atoms. The Kier molecular flexibility index (Phi) is 10.1. The molecule has 27 heavy (non-hydrogen) atoms. The number of esters is 5. The van der Waals surface area contributed by atoms with Crippen molar-refractivity contribution in [3.05, 3.63) is 0 Å². The number of carbonyl (C=O) groups is 5. The first-order chi connectivity index (χ1) is 12.5. The van der Waals surface area contributed by atoms with Crippen LogP contribution in [0.25, 0.3) is 0 Å². The van der Waals surface area contributed by atoms with Crippen molar-refractivity contribution in [3.8, 4) is 6.07 Å². The summed E-state index contributed by atoms with van der Waals surface area (Å²) in [5, 5.41) is 9.27. The van der Waals surface area contributed by atoms with Crippen LogP contribution in [0.5, 0.6) is 0 Å². The van der Waals surface area contributed by atoms with Crippen LogP contribution >= 0.6 is 0 Å². The molecule has 4 atom stereocenters. The van der Waals surface area contributed by atoms with Gasteiger partial charge in [0.15, 0.2) is 18.3 Å². The third-order valence-corrected chi connectivity index (χ3v) is 2.78. The van der Waals surface area contributed by atoms with Crippen LogP contribution in [0.1, 0.15) is 34.6 Å². The number of rotatable bonds is 9. The quantitative estimate of drug-likeness (QED) is 0.381. The summed E-state index contributed by atoms with van der Waals surface area (Å²) >= 11 is 0. The first-order valence-electron chi connectivity index (χ1n) is 7.69. The standard InChI is InChI=1S/C16H21NO10/c1-8(18)23-7-14(25-10(3)20)16(27-12(5)22)15(26-11(4)21)13(6-17)24-9(2)19/h13-16H,7H2,1-5H3/t13-,14+,15+,16-/m1/s1. The molecule has 0 saturated carbocycles. The van der Waals surface area contributed by atoms with E-state index in [4.69, 9.17) is 23.7 Å². The molecule has 0 aromatic rings. The molecule has 0 aromatic carbocycles. The molecule has 0 heterocycles. The Hall–Kier alpha value is -3.16. The summed E-state index contributed by atoms with van der Waals surface area (Å²) in [7, 11) is 0. The molecular weight excluding hydrogens is 366 g/mol. The summed E-state index contributed by atoms with van der Waals surface area (Å²) in [6.07, 6.45) is -6.38. The van der Waals surface area contributed by atoms with Crippen molar-refractivity contribution < 1.29 is 47.7 Å². The predicted molar refractivity (Wildman–Crippen MR) is 84.5 cm³/mol. The number of ether oxygens (including phenoxy) is 5. The van der Waals surface area contributed by atoms with E-state index < -0.39 is 60.9 Å². The summed E-state index contributed by atoms with van der Waals surface area (Å²) in [6.45, 7) is 4.60. The van der Waals surface area contributed by atoms with Crippen molar-refractivity contribution in [3.63, 3.8) is 0 Å². The minimum atomic E-state index is -1.69. The third-order valence-electron chi connectivity index (χ3n) is 2.78. The Labute approximate surface area is 155 Å². The Morgan fingerprint density at radius 3 is 1.52 bits per heavy atom. The van der Waals surface area contributed by atoms with Crippen LogP contribution in [-0.2, 0) is 47.7 Å². The van der Waals surface area contributed by atoms with Crippen LogP contribution in [0.4, 0.5) is 0 Å². The first-order valence-corrected chi connectivity index (χ1v) is 7.69. The lowest BCUT2D eigenvalue weighted by Gasteiger charge is -2.33. The molecule has 0 aliphatic heterocycles. The maximum absolute atomic E-state index is 11.5. The van der Waals surface area contributed by atoms with E-state index in [9.17, 15) is 29.2 Å². The van der Waals surface area contributed by atoms with Gasteiger partial charge in [0.1, 0.15) is 12.7 Å². The van der Waals surface area contributed by atoms with E-state index in [0.29, 0.717) is 0 Å². The molecule has 0 aliphatic carbocycles. The molecule has 0 N–H and O–H groups in total. The lowest BCUT2D eigenvalue weighted by Crippen LogP contribution is -2.52. The molecule has 0 unspecified atom stereocenters. The molecule has 11 nitrogen and oxygen atoms in total. The van der Waals surface area contributed by atoms with Crippen LogP contribution in [0.15, 0.2) is 0 Å². The first kappa shape index (κ1) is 23.8. The van der Waals surface area contributed by atoms with Gasteiger partial charge in [0.25, 0.3) is 0 Å². The van der Waals surface area contributed by atoms with Gasteiger partial charge in [-0.05, 0) is 0 Å². The van der Waals surface area contributed by atoms with Gasteiger partial charge in [-0.2, -0.15) is 5.26 Å². The van der Waals surface area contributed by atoms with Crippen molar-refractivity contribution in [2.45, 2.75) is 59.0 Å². The van der Waals surface area contributed by atoms with E-state index in [-0.39, 0.29) is 0 Å². The van der Waals surface area contributed by atoms with Crippen molar-refractivity contribution >= 4 is 29.8 Å². The second-order valence-electron chi connectivity index (χ2n) is 5.26. The molecule has 0 amide bonds. The van der Waals surface area contributed by atoms with Gasteiger partial charge in [0, 0.05) is 34.6 Å². The van der Waals surface area contributed by atoms with E-state index in [0.717, 1.165) is 34.6 Å². The summed E-state index contributed by atoms with van der Waals surface area (Å²) in [4.78, 5) is 56.7. The molecular formula is C16H21NO10. The lowest BCUT2D eigenvalue weighted by atomic mass is 10.0. The van der Waals surface area contributed by atoms with E-state index in [2.05, 4.69) is 0 Å². The van der Waals surface area contributed by atoms with Crippen molar-refractivity contribution in [2.75, 3.05) is 6.61 Å². The minimum absolute atomic E-state index is 0.567. The van der Waals surface area contributed by atoms with Gasteiger partial charge in [0.2, 0.25) is 6.10 Å². The van der Waals surface area contributed by atoms with Crippen LogP contribution in [-0.4, -0.2) is 60.9 Å². The zero-order valence-electron chi connectivity index (χ0n) is 15.5. The average Bonchev–Trinajstić information content (AvgIpc) is 2.51. The Morgan fingerprint density at radius 1 is 0.704 bits per heavy atom. The lowest BCUT2D eigenvalue weighted by molar-refractivity contribution is -0.198. The van der Waals surface area contributed by atoms with Crippen LogP contribution < -0.4 is 0 Å². The van der Waals surface area contributed by atoms with E-state index in [1.54, 1.807) is 6.07 Å². The molecule has 0 rings (SSSR count). The highest BCUT2D eigenvalue weighted by molar-refractivity contribution is 5.69. The smallest absolute Gasteiger partial charge is 0.304 e. The average molecular weight is 387 g/mol. The highest BCUT2D eigenvalue weighted by Crippen LogP contribution is 2.19. The van der Waals surface area contributed by atoms with Gasteiger partial charge in [-0.25, -0.2) is 0 Å². The van der Waals surface area contributed by atoms with Crippen LogP contribution in [0.2, 0.25) is 0 Å². The Balaban J connectivity index is 6.01. The monoisotopic (exact) mass is 387 g/mol. The normalized spacial score (nSPS) is 14.4. The fourth-order valence-electron chi connectivity index (χ4n) is 1.99. The number of nitrogens with zero attached hydrogens (tertiary/aromatic N) is 1. The van der Waals surface area contributed by atoms with Gasteiger partial charge in [-0.3, -0.25) is 24.0 Å². The Bertz CT molecular complexity index is 623. The SMILES string of the molecule is CC(=O)OC[C@H](OC(C)=O)[C@@H](OC(C)=O)[C@@H](OC(C)=O)[C@@H](C#N)OC(C)=O.